The first-order valence-electron chi connectivity index (χ1n) is 4.58. The van der Waals surface area contributed by atoms with Crippen LogP contribution < -0.4 is 5.32 Å². The van der Waals surface area contributed by atoms with Crippen molar-refractivity contribution in [2.75, 3.05) is 0 Å². The fourth-order valence-electron chi connectivity index (χ4n) is 1.13. The largest absolute Gasteiger partial charge is 0.477 e. The minimum absolute atomic E-state index is 0.235. The maximum Gasteiger partial charge on any atom is 0.352 e. The summed E-state index contributed by atoms with van der Waals surface area (Å²) < 4.78 is 0. The molecule has 0 fully saturated rings. The number of carbonyl (C=O) groups is 2. The Morgan fingerprint density at radius 1 is 1.35 bits per heavy atom. The average Bonchev–Trinajstić information content (AvgIpc) is 2.22. The highest BCUT2D eigenvalue weighted by Crippen LogP contribution is 2.26. The van der Waals surface area contributed by atoms with Crippen molar-refractivity contribution < 1.29 is 14.7 Å². The molecule has 1 amide bonds. The van der Waals surface area contributed by atoms with Crippen molar-refractivity contribution in [3.8, 4) is 0 Å². The lowest BCUT2D eigenvalue weighted by Gasteiger charge is -2.05. The molecule has 90 valence electrons. The Morgan fingerprint density at radius 2 is 2.00 bits per heavy atom. The Balaban J connectivity index is 3.17. The highest BCUT2D eigenvalue weighted by atomic mass is 35.5. The molecule has 0 aromatic heterocycles. The second kappa shape index (κ2) is 5.70. The van der Waals surface area contributed by atoms with Gasteiger partial charge >= 0.3 is 5.97 Å². The molecule has 0 saturated heterocycles. The van der Waals surface area contributed by atoms with Crippen LogP contribution in [0.15, 0.2) is 23.9 Å². The molecule has 0 heterocycles. The third kappa shape index (κ3) is 3.76. The minimum Gasteiger partial charge on any atom is -0.477 e. The second-order valence-electron chi connectivity index (χ2n) is 3.19. The Hall–Kier alpha value is -1.52. The van der Waals surface area contributed by atoms with Gasteiger partial charge in [-0.3, -0.25) is 4.79 Å². The number of carboxylic acid groups (broad SMARTS) is 1. The fourth-order valence-corrected chi connectivity index (χ4v) is 1.49. The number of carboxylic acids is 1. The third-order valence-electron chi connectivity index (χ3n) is 1.82. The Kier molecular flexibility index (Phi) is 4.54. The highest BCUT2D eigenvalue weighted by molar-refractivity contribution is 6.42. The number of hydrogen-bond acceptors (Lipinski definition) is 2. The van der Waals surface area contributed by atoms with Gasteiger partial charge in [-0.25, -0.2) is 4.79 Å². The van der Waals surface area contributed by atoms with E-state index in [1.807, 2.05) is 0 Å². The average molecular weight is 274 g/mol. The fraction of sp³-hybridized carbons (Fsp3) is 0.0909. The van der Waals surface area contributed by atoms with Crippen LogP contribution in [0, 0.1) is 0 Å². The molecule has 0 aliphatic heterocycles. The summed E-state index contributed by atoms with van der Waals surface area (Å²) in [6.07, 6.45) is 1.25. The lowest BCUT2D eigenvalue weighted by Crippen LogP contribution is -2.24. The topological polar surface area (TPSA) is 66.4 Å². The van der Waals surface area contributed by atoms with Crippen LogP contribution >= 0.6 is 23.2 Å². The molecule has 0 saturated carbocycles. The predicted molar refractivity (Wildman–Crippen MR) is 65.9 cm³/mol. The Bertz CT molecular complexity index is 497. The van der Waals surface area contributed by atoms with Gasteiger partial charge in [0.05, 0.1) is 10.0 Å². The van der Waals surface area contributed by atoms with E-state index in [1.165, 1.54) is 13.0 Å². The van der Waals surface area contributed by atoms with E-state index in [4.69, 9.17) is 28.3 Å². The van der Waals surface area contributed by atoms with Gasteiger partial charge in [-0.15, -0.1) is 0 Å². The zero-order valence-electron chi connectivity index (χ0n) is 8.83. The molecule has 2 N–H and O–H groups in total. The van der Waals surface area contributed by atoms with Crippen molar-refractivity contribution >= 4 is 41.2 Å². The van der Waals surface area contributed by atoms with Gasteiger partial charge in [0.15, 0.2) is 0 Å². The number of rotatable bonds is 3. The van der Waals surface area contributed by atoms with Crippen LogP contribution in [-0.4, -0.2) is 17.0 Å². The Morgan fingerprint density at radius 3 is 2.53 bits per heavy atom. The van der Waals surface area contributed by atoms with Gasteiger partial charge in [-0.05, 0) is 17.7 Å². The van der Waals surface area contributed by atoms with Gasteiger partial charge in [0.25, 0.3) is 0 Å². The number of halogens is 2. The number of benzene rings is 1. The molecule has 4 nitrogen and oxygen atoms in total. The van der Waals surface area contributed by atoms with E-state index in [0.717, 1.165) is 0 Å². The lowest BCUT2D eigenvalue weighted by molar-refractivity contribution is -0.134. The number of aliphatic carboxylic acids is 1. The van der Waals surface area contributed by atoms with Crippen LogP contribution in [0.5, 0.6) is 0 Å². The van der Waals surface area contributed by atoms with Gasteiger partial charge in [0, 0.05) is 6.92 Å². The zero-order valence-corrected chi connectivity index (χ0v) is 10.3. The maximum absolute atomic E-state index is 10.9. The first kappa shape index (κ1) is 13.5. The van der Waals surface area contributed by atoms with Crippen molar-refractivity contribution in [1.82, 2.24) is 5.32 Å². The molecule has 1 rings (SSSR count). The van der Waals surface area contributed by atoms with Crippen LogP contribution in [0.2, 0.25) is 10.0 Å². The van der Waals surface area contributed by atoms with E-state index in [-0.39, 0.29) is 10.7 Å². The first-order chi connectivity index (χ1) is 7.91. The molecule has 1 aromatic carbocycles. The molecule has 1 aromatic rings. The van der Waals surface area contributed by atoms with E-state index in [0.29, 0.717) is 10.6 Å². The smallest absolute Gasteiger partial charge is 0.352 e. The molecular formula is C11H9Cl2NO3. The normalized spacial score (nSPS) is 11.1. The van der Waals surface area contributed by atoms with Crippen molar-refractivity contribution in [3.63, 3.8) is 0 Å². The van der Waals surface area contributed by atoms with E-state index in [2.05, 4.69) is 5.32 Å². The van der Waals surface area contributed by atoms with Crippen LogP contribution in [-0.2, 0) is 9.59 Å². The molecule has 0 bridgehead atoms. The third-order valence-corrected chi connectivity index (χ3v) is 2.66. The predicted octanol–water partition coefficient (Wildman–Crippen LogP) is 2.56. The number of carbonyl (C=O) groups excluding carboxylic acids is 1. The van der Waals surface area contributed by atoms with E-state index in [1.54, 1.807) is 18.2 Å². The summed E-state index contributed by atoms with van der Waals surface area (Å²) in [5.41, 5.74) is 0.159. The zero-order chi connectivity index (χ0) is 13.0. The highest BCUT2D eigenvalue weighted by Gasteiger charge is 2.10. The summed E-state index contributed by atoms with van der Waals surface area (Å²) in [6.45, 7) is 1.22. The van der Waals surface area contributed by atoms with Gasteiger partial charge in [0.2, 0.25) is 5.91 Å². The first-order valence-corrected chi connectivity index (χ1v) is 5.34. The van der Waals surface area contributed by atoms with Gasteiger partial charge < -0.3 is 10.4 Å². The summed E-state index contributed by atoms with van der Waals surface area (Å²) in [5, 5.41) is 11.6. The molecule has 17 heavy (non-hydrogen) atoms. The molecule has 0 aliphatic carbocycles. The van der Waals surface area contributed by atoms with Gasteiger partial charge in [-0.2, -0.15) is 0 Å². The molecular weight excluding hydrogens is 265 g/mol. The van der Waals surface area contributed by atoms with Crippen molar-refractivity contribution in [2.24, 2.45) is 0 Å². The van der Waals surface area contributed by atoms with Crippen LogP contribution in [0.3, 0.4) is 0 Å². The van der Waals surface area contributed by atoms with Crippen molar-refractivity contribution in [2.45, 2.75) is 6.92 Å². The van der Waals surface area contributed by atoms with Crippen LogP contribution in [0.4, 0.5) is 0 Å². The minimum atomic E-state index is -1.25. The van der Waals surface area contributed by atoms with Crippen LogP contribution in [0.1, 0.15) is 12.5 Å². The summed E-state index contributed by atoms with van der Waals surface area (Å²) >= 11 is 11.7. The van der Waals surface area contributed by atoms with E-state index in [9.17, 15) is 9.59 Å². The molecule has 0 radical (unpaired) electrons. The monoisotopic (exact) mass is 273 g/mol. The number of amides is 1. The molecule has 0 unspecified atom stereocenters. The molecule has 0 atom stereocenters. The Labute approximate surface area is 108 Å². The number of hydrogen-bond donors (Lipinski definition) is 2. The molecule has 0 spiro atoms. The summed E-state index contributed by atoms with van der Waals surface area (Å²) in [6, 6.07) is 4.81. The quantitative estimate of drug-likeness (QED) is 0.832. The number of nitrogens with one attached hydrogen (secondary N) is 1. The van der Waals surface area contributed by atoms with E-state index < -0.39 is 11.9 Å². The second-order valence-corrected chi connectivity index (χ2v) is 3.97. The summed E-state index contributed by atoms with van der Waals surface area (Å²) in [7, 11) is 0. The maximum atomic E-state index is 10.9. The van der Waals surface area contributed by atoms with Gasteiger partial charge in [-0.1, -0.05) is 35.3 Å². The lowest BCUT2D eigenvalue weighted by atomic mass is 10.2. The van der Waals surface area contributed by atoms with E-state index >= 15 is 0 Å². The standard InChI is InChI=1S/C11H9Cl2NO3/c1-6(15)14-9(11(16)17)5-7-3-2-4-8(12)10(7)13/h2-5H,1H3,(H,14,15)(H,16,17)/b9-5+. The van der Waals surface area contributed by atoms with Crippen molar-refractivity contribution in [3.05, 3.63) is 39.5 Å². The van der Waals surface area contributed by atoms with Gasteiger partial charge in [0.1, 0.15) is 5.70 Å². The SMILES string of the molecule is CC(=O)N/C(=C/c1cccc(Cl)c1Cl)C(=O)O. The van der Waals surface area contributed by atoms with Crippen molar-refractivity contribution in [1.29, 1.82) is 0 Å². The van der Waals surface area contributed by atoms with Crippen LogP contribution in [0.25, 0.3) is 6.08 Å². The summed E-state index contributed by atoms with van der Waals surface area (Å²) in [5.74, 6) is -1.73. The summed E-state index contributed by atoms with van der Waals surface area (Å²) in [4.78, 5) is 21.7. The molecule has 0 aliphatic rings. The molecule has 6 heteroatoms.